The van der Waals surface area contributed by atoms with Crippen LogP contribution in [0, 0.1) is 0 Å². The van der Waals surface area contributed by atoms with Crippen molar-refractivity contribution in [1.82, 2.24) is 9.97 Å². The number of methoxy groups -OCH3 is 1. The van der Waals surface area contributed by atoms with Gasteiger partial charge in [0.05, 0.1) is 17.3 Å². The van der Waals surface area contributed by atoms with Crippen molar-refractivity contribution in [3.8, 4) is 5.75 Å². The third kappa shape index (κ3) is 2.85. The number of aromatic nitrogens is 2. The van der Waals surface area contributed by atoms with Crippen molar-refractivity contribution in [2.45, 2.75) is 15.1 Å². The molecule has 0 aliphatic carbocycles. The molecule has 0 saturated carbocycles. The predicted molar refractivity (Wildman–Crippen MR) is 104 cm³/mol. The van der Waals surface area contributed by atoms with Crippen LogP contribution in [0.25, 0.3) is 20.3 Å². The van der Waals surface area contributed by atoms with Crippen LogP contribution in [-0.2, 0) is 0 Å². The number of hydrogen-bond donors (Lipinski definition) is 0. The number of thiophene rings is 1. The second-order valence-corrected chi connectivity index (χ2v) is 7.96. The second kappa shape index (κ2) is 6.63. The highest BCUT2D eigenvalue weighted by Gasteiger charge is 2.15. The number of fused-ring (bicyclic) bond motifs is 3. The smallest absolute Gasteiger partial charge is 0.189 e. The average molecular weight is 371 g/mol. The van der Waals surface area contributed by atoms with Crippen LogP contribution in [0.15, 0.2) is 63.6 Å². The van der Waals surface area contributed by atoms with Crippen molar-refractivity contribution in [1.29, 1.82) is 0 Å². The van der Waals surface area contributed by atoms with Gasteiger partial charge in [0, 0.05) is 15.0 Å². The minimum atomic E-state index is 0.802. The van der Waals surface area contributed by atoms with Gasteiger partial charge in [-0.2, -0.15) is 0 Å². The second-order valence-electron chi connectivity index (χ2n) is 5.07. The summed E-state index contributed by atoms with van der Waals surface area (Å²) < 4.78 is 7.71. The van der Waals surface area contributed by atoms with E-state index < -0.39 is 0 Å². The lowest BCUT2D eigenvalue weighted by molar-refractivity contribution is 0.413. The Bertz CT molecular complexity index is 1030. The topological polar surface area (TPSA) is 35.0 Å². The maximum absolute atomic E-state index is 5.33. The fourth-order valence-corrected chi connectivity index (χ4v) is 5.05. The molecule has 120 valence electrons. The van der Waals surface area contributed by atoms with E-state index >= 15 is 0 Å². The number of hydrogen-bond acceptors (Lipinski definition) is 6. The lowest BCUT2D eigenvalue weighted by Crippen LogP contribution is -1.89. The molecule has 0 atom stereocenters. The van der Waals surface area contributed by atoms with E-state index in [2.05, 4.69) is 30.3 Å². The van der Waals surface area contributed by atoms with E-state index in [0.717, 1.165) is 31.0 Å². The molecule has 0 spiro atoms. The Morgan fingerprint density at radius 3 is 2.75 bits per heavy atom. The zero-order valence-electron chi connectivity index (χ0n) is 13.1. The lowest BCUT2D eigenvalue weighted by atomic mass is 10.2. The monoisotopic (exact) mass is 370 g/mol. The third-order valence-electron chi connectivity index (χ3n) is 3.61. The van der Waals surface area contributed by atoms with Crippen molar-refractivity contribution >= 4 is 55.2 Å². The van der Waals surface area contributed by atoms with Crippen molar-refractivity contribution in [2.75, 3.05) is 13.4 Å². The summed E-state index contributed by atoms with van der Waals surface area (Å²) in [6, 6.07) is 16.5. The molecular weight excluding hydrogens is 356 g/mol. The van der Waals surface area contributed by atoms with E-state index in [4.69, 9.17) is 14.7 Å². The molecule has 0 bridgehead atoms. The molecule has 4 aromatic rings. The predicted octanol–water partition coefficient (Wildman–Crippen LogP) is 5.73. The van der Waals surface area contributed by atoms with E-state index in [-0.39, 0.29) is 0 Å². The Balaban J connectivity index is 1.89. The molecule has 0 aliphatic rings. The van der Waals surface area contributed by atoms with E-state index in [1.807, 2.05) is 24.5 Å². The molecule has 2 heterocycles. The summed E-state index contributed by atoms with van der Waals surface area (Å²) in [6.07, 6.45) is 2.01. The van der Waals surface area contributed by atoms with Crippen LogP contribution < -0.4 is 4.74 Å². The first kappa shape index (κ1) is 15.7. The van der Waals surface area contributed by atoms with Crippen LogP contribution >= 0.6 is 34.9 Å². The summed E-state index contributed by atoms with van der Waals surface area (Å²) in [7, 11) is 1.69. The van der Waals surface area contributed by atoms with Crippen LogP contribution in [0.2, 0.25) is 0 Å². The van der Waals surface area contributed by atoms with Gasteiger partial charge in [0.2, 0.25) is 0 Å². The van der Waals surface area contributed by atoms with E-state index in [9.17, 15) is 0 Å². The number of benzene rings is 2. The Kier molecular flexibility index (Phi) is 4.35. The number of nitrogens with zero attached hydrogens (tertiary/aromatic N) is 2. The van der Waals surface area contributed by atoms with Gasteiger partial charge in [-0.3, -0.25) is 0 Å². The maximum Gasteiger partial charge on any atom is 0.189 e. The van der Waals surface area contributed by atoms with Crippen molar-refractivity contribution in [3.63, 3.8) is 0 Å². The molecule has 2 aromatic heterocycles. The van der Waals surface area contributed by atoms with Crippen LogP contribution in [0.4, 0.5) is 0 Å². The highest BCUT2D eigenvalue weighted by atomic mass is 32.2. The number of rotatable bonds is 4. The average Bonchev–Trinajstić information content (AvgIpc) is 3.01. The normalized spacial score (nSPS) is 11.2. The molecular formula is C18H14N2OS3. The fourth-order valence-electron chi connectivity index (χ4n) is 2.48. The summed E-state index contributed by atoms with van der Waals surface area (Å²) in [5.41, 5.74) is 1.04. The summed E-state index contributed by atoms with van der Waals surface area (Å²) in [5.74, 6) is 0.853. The first-order chi connectivity index (χ1) is 11.8. The van der Waals surface area contributed by atoms with Gasteiger partial charge in [0.25, 0.3) is 0 Å². The zero-order chi connectivity index (χ0) is 16.5. The quantitative estimate of drug-likeness (QED) is 0.260. The molecule has 2 aromatic carbocycles. The van der Waals surface area contributed by atoms with Gasteiger partial charge in [0.1, 0.15) is 10.8 Å². The van der Waals surface area contributed by atoms with E-state index in [1.54, 1.807) is 42.0 Å². The highest BCUT2D eigenvalue weighted by Crippen LogP contribution is 2.41. The first-order valence-corrected chi connectivity index (χ1v) is 10.2. The van der Waals surface area contributed by atoms with Gasteiger partial charge in [-0.15, -0.1) is 11.3 Å². The molecule has 0 fully saturated rings. The van der Waals surface area contributed by atoms with Crippen molar-refractivity contribution in [2.24, 2.45) is 0 Å². The van der Waals surface area contributed by atoms with Gasteiger partial charge in [-0.25, -0.2) is 9.97 Å². The zero-order valence-corrected chi connectivity index (χ0v) is 15.6. The Labute approximate surface area is 152 Å². The molecule has 0 radical (unpaired) electrons. The number of thioether (sulfide) groups is 1. The maximum atomic E-state index is 5.33. The molecule has 0 N–H and O–H groups in total. The largest absolute Gasteiger partial charge is 0.497 e. The standard InChI is InChI=1S/C18H14N2OS3/c1-21-11-6-5-7-12(10-11)23-17-16-15(19-18(20-17)22-2)13-8-3-4-9-14(13)24-16/h3-10H,1-2H3. The molecule has 0 saturated heterocycles. The molecule has 3 nitrogen and oxygen atoms in total. The van der Waals surface area contributed by atoms with Gasteiger partial charge in [0.15, 0.2) is 5.16 Å². The van der Waals surface area contributed by atoms with E-state index in [0.29, 0.717) is 0 Å². The van der Waals surface area contributed by atoms with Crippen LogP contribution in [-0.4, -0.2) is 23.3 Å². The molecule has 0 unspecified atom stereocenters. The molecule has 24 heavy (non-hydrogen) atoms. The fraction of sp³-hybridized carbons (Fsp3) is 0.111. The Morgan fingerprint density at radius 2 is 1.92 bits per heavy atom. The van der Waals surface area contributed by atoms with E-state index in [1.165, 1.54) is 10.1 Å². The van der Waals surface area contributed by atoms with Crippen molar-refractivity contribution < 1.29 is 4.74 Å². The molecule has 4 rings (SSSR count). The Hall–Kier alpha value is -1.76. The SMILES string of the molecule is COc1cccc(Sc2nc(SC)nc3c2sc2ccccc23)c1. The summed E-state index contributed by atoms with van der Waals surface area (Å²) in [4.78, 5) is 10.6. The van der Waals surface area contributed by atoms with Gasteiger partial charge < -0.3 is 4.74 Å². The van der Waals surface area contributed by atoms with Crippen molar-refractivity contribution in [3.05, 3.63) is 48.5 Å². The Morgan fingerprint density at radius 1 is 1.04 bits per heavy atom. The van der Waals surface area contributed by atoms with Gasteiger partial charge in [-0.1, -0.05) is 47.8 Å². The minimum Gasteiger partial charge on any atom is -0.497 e. The van der Waals surface area contributed by atoms with Gasteiger partial charge in [-0.05, 0) is 30.5 Å². The third-order valence-corrected chi connectivity index (χ3v) is 6.43. The van der Waals surface area contributed by atoms with Crippen LogP contribution in [0.1, 0.15) is 0 Å². The molecule has 0 amide bonds. The minimum absolute atomic E-state index is 0.802. The highest BCUT2D eigenvalue weighted by molar-refractivity contribution is 8.00. The molecule has 0 aliphatic heterocycles. The van der Waals surface area contributed by atoms with Gasteiger partial charge >= 0.3 is 0 Å². The molecule has 6 heteroatoms. The first-order valence-electron chi connectivity index (χ1n) is 7.33. The summed E-state index contributed by atoms with van der Waals surface area (Å²) in [5, 5.41) is 3.00. The summed E-state index contributed by atoms with van der Waals surface area (Å²) in [6.45, 7) is 0. The summed E-state index contributed by atoms with van der Waals surface area (Å²) >= 11 is 4.98. The lowest BCUT2D eigenvalue weighted by Gasteiger charge is -2.06. The number of ether oxygens (including phenoxy) is 1. The van der Waals surface area contributed by atoms with Crippen LogP contribution in [0.5, 0.6) is 5.75 Å². The van der Waals surface area contributed by atoms with Crippen LogP contribution in [0.3, 0.4) is 0 Å².